The molecule has 0 radical (unpaired) electrons. The van der Waals surface area contributed by atoms with Crippen molar-refractivity contribution in [3.8, 4) is 0 Å². The lowest BCUT2D eigenvalue weighted by atomic mass is 10.3. The molecule has 0 saturated heterocycles. The van der Waals surface area contributed by atoms with Crippen molar-refractivity contribution in [2.45, 2.75) is 27.7 Å². The van der Waals surface area contributed by atoms with E-state index in [9.17, 15) is 9.59 Å². The molecule has 0 unspecified atom stereocenters. The van der Waals surface area contributed by atoms with Crippen LogP contribution < -0.4 is 0 Å². The van der Waals surface area contributed by atoms with Gasteiger partial charge >= 0.3 is 0 Å². The van der Waals surface area contributed by atoms with Crippen LogP contribution in [0.25, 0.3) is 0 Å². The molecule has 0 atom stereocenters. The number of hydrogen-bond acceptors (Lipinski definition) is 2. The number of carbonyl (C=O) groups is 2. The molecule has 88 valence electrons. The minimum absolute atomic E-state index is 0.243. The Hall–Kier alpha value is -1.84. The summed E-state index contributed by atoms with van der Waals surface area (Å²) < 4.78 is 0. The second-order valence-corrected chi connectivity index (χ2v) is 2.87. The average Bonchev–Trinajstić information content (AvgIpc) is 2.35. The summed E-state index contributed by atoms with van der Waals surface area (Å²) in [5.74, 6) is -0.486. The lowest BCUT2D eigenvalue weighted by Crippen LogP contribution is -1.91. The molecule has 0 heterocycles. The van der Waals surface area contributed by atoms with E-state index in [-0.39, 0.29) is 11.8 Å². The van der Waals surface area contributed by atoms with E-state index in [2.05, 4.69) is 23.4 Å². The van der Waals surface area contributed by atoms with Crippen molar-refractivity contribution in [2.24, 2.45) is 9.98 Å². The third-order valence-electron chi connectivity index (χ3n) is 1.83. The van der Waals surface area contributed by atoms with E-state index in [1.54, 1.807) is 39.8 Å². The predicted molar refractivity (Wildman–Crippen MR) is 68.0 cm³/mol. The van der Waals surface area contributed by atoms with Gasteiger partial charge < -0.3 is 0 Å². The van der Waals surface area contributed by atoms with Gasteiger partial charge in [-0.25, -0.2) is 9.98 Å². The topological polar surface area (TPSA) is 58.9 Å². The van der Waals surface area contributed by atoms with Gasteiger partial charge in [-0.3, -0.25) is 9.59 Å². The third-order valence-corrected chi connectivity index (χ3v) is 1.83. The Morgan fingerprint density at radius 3 is 1.19 bits per heavy atom. The second kappa shape index (κ2) is 9.71. The molecule has 0 spiro atoms. The van der Waals surface area contributed by atoms with Gasteiger partial charge in [0.2, 0.25) is 0 Å². The number of carbonyl (C=O) groups excluding carboxylic acids is 2. The van der Waals surface area contributed by atoms with Crippen molar-refractivity contribution >= 4 is 25.2 Å². The maximum absolute atomic E-state index is 10.4. The minimum Gasteiger partial charge on any atom is -0.267 e. The van der Waals surface area contributed by atoms with Crippen molar-refractivity contribution in [1.29, 1.82) is 0 Å². The first-order valence-electron chi connectivity index (χ1n) is 4.72. The van der Waals surface area contributed by atoms with E-state index in [1.165, 1.54) is 0 Å². The van der Waals surface area contributed by atoms with Crippen LogP contribution in [0.4, 0.5) is 0 Å². The molecule has 0 aromatic rings. The van der Waals surface area contributed by atoms with Crippen molar-refractivity contribution in [3.05, 3.63) is 23.3 Å². The third kappa shape index (κ3) is 7.55. The number of nitrogens with zero attached hydrogens (tertiary/aromatic N) is 2. The summed E-state index contributed by atoms with van der Waals surface area (Å²) in [6.45, 7) is 13.2. The second-order valence-electron chi connectivity index (χ2n) is 2.87. The SMILES string of the molecule is C=NC(=O)/C(C)=C/C.C=NC(=O)/C(C)=C/C. The van der Waals surface area contributed by atoms with Crippen LogP contribution in [0.1, 0.15) is 27.7 Å². The highest BCUT2D eigenvalue weighted by atomic mass is 16.1. The molecule has 0 fully saturated rings. The number of allylic oxidation sites excluding steroid dienone is 2. The van der Waals surface area contributed by atoms with E-state index in [0.717, 1.165) is 0 Å². The predicted octanol–water partition coefficient (Wildman–Crippen LogP) is 2.36. The molecular formula is C12H18N2O2. The standard InChI is InChI=1S/2C6H9NO/c2*1-4-5(2)6(8)7-3/h2*4H,3H2,1-2H3/b2*5-4+. The van der Waals surface area contributed by atoms with Gasteiger partial charge in [0, 0.05) is 11.1 Å². The lowest BCUT2D eigenvalue weighted by molar-refractivity contribution is -0.115. The van der Waals surface area contributed by atoms with Gasteiger partial charge in [-0.05, 0) is 41.1 Å². The molecule has 2 amide bonds. The Morgan fingerprint density at radius 1 is 0.875 bits per heavy atom. The molecule has 0 bridgehead atoms. The van der Waals surface area contributed by atoms with Gasteiger partial charge in [0.1, 0.15) is 0 Å². The van der Waals surface area contributed by atoms with Gasteiger partial charge in [-0.15, -0.1) is 0 Å². The van der Waals surface area contributed by atoms with Crippen LogP contribution in [-0.2, 0) is 9.59 Å². The molecular weight excluding hydrogens is 204 g/mol. The van der Waals surface area contributed by atoms with Crippen LogP contribution in [0.2, 0.25) is 0 Å². The van der Waals surface area contributed by atoms with E-state index >= 15 is 0 Å². The summed E-state index contributed by atoms with van der Waals surface area (Å²) in [6.07, 6.45) is 3.41. The molecule has 0 rings (SSSR count). The summed E-state index contributed by atoms with van der Waals surface area (Å²) in [4.78, 5) is 27.3. The van der Waals surface area contributed by atoms with Crippen molar-refractivity contribution in [3.63, 3.8) is 0 Å². The number of aliphatic imine (C=N–C) groups is 2. The van der Waals surface area contributed by atoms with Gasteiger partial charge in [0.05, 0.1) is 0 Å². The monoisotopic (exact) mass is 222 g/mol. The maximum Gasteiger partial charge on any atom is 0.271 e. The largest absolute Gasteiger partial charge is 0.271 e. The zero-order valence-corrected chi connectivity index (χ0v) is 10.3. The molecule has 0 saturated carbocycles. The van der Waals surface area contributed by atoms with E-state index in [1.807, 2.05) is 0 Å². The molecule has 0 aliphatic carbocycles. The van der Waals surface area contributed by atoms with Crippen LogP contribution in [0, 0.1) is 0 Å². The fourth-order valence-corrected chi connectivity index (χ4v) is 0.496. The quantitative estimate of drug-likeness (QED) is 0.532. The Morgan fingerprint density at radius 2 is 1.12 bits per heavy atom. The van der Waals surface area contributed by atoms with Gasteiger partial charge in [-0.2, -0.15) is 0 Å². The van der Waals surface area contributed by atoms with Gasteiger partial charge in [0.15, 0.2) is 0 Å². The number of hydrogen-bond donors (Lipinski definition) is 0. The Balaban J connectivity index is 0. The van der Waals surface area contributed by atoms with E-state index in [4.69, 9.17) is 0 Å². The zero-order chi connectivity index (χ0) is 13.1. The molecule has 0 aliphatic heterocycles. The average molecular weight is 222 g/mol. The van der Waals surface area contributed by atoms with Crippen molar-refractivity contribution in [1.82, 2.24) is 0 Å². The smallest absolute Gasteiger partial charge is 0.267 e. The Labute approximate surface area is 96.5 Å². The molecule has 0 N–H and O–H groups in total. The first-order chi connectivity index (χ1) is 7.44. The van der Waals surface area contributed by atoms with E-state index < -0.39 is 0 Å². The molecule has 0 aromatic carbocycles. The summed E-state index contributed by atoms with van der Waals surface area (Å²) in [5, 5.41) is 0. The first kappa shape index (κ1) is 16.6. The summed E-state index contributed by atoms with van der Waals surface area (Å²) in [6, 6.07) is 0. The highest BCUT2D eigenvalue weighted by Gasteiger charge is 1.95. The zero-order valence-electron chi connectivity index (χ0n) is 10.3. The Kier molecular flexibility index (Phi) is 10.1. The normalized spacial score (nSPS) is 11.0. The minimum atomic E-state index is -0.243. The fourth-order valence-electron chi connectivity index (χ4n) is 0.496. The highest BCUT2D eigenvalue weighted by Crippen LogP contribution is 1.93. The summed E-state index contributed by atoms with van der Waals surface area (Å²) >= 11 is 0. The van der Waals surface area contributed by atoms with Crippen molar-refractivity contribution < 1.29 is 9.59 Å². The van der Waals surface area contributed by atoms with Crippen LogP contribution in [0.3, 0.4) is 0 Å². The van der Waals surface area contributed by atoms with E-state index in [0.29, 0.717) is 11.1 Å². The van der Waals surface area contributed by atoms with Crippen LogP contribution in [0.15, 0.2) is 33.3 Å². The van der Waals surface area contributed by atoms with Crippen molar-refractivity contribution in [2.75, 3.05) is 0 Å². The molecule has 0 aliphatic rings. The highest BCUT2D eigenvalue weighted by molar-refractivity contribution is 5.95. The lowest BCUT2D eigenvalue weighted by Gasteiger charge is -1.86. The molecule has 4 nitrogen and oxygen atoms in total. The van der Waals surface area contributed by atoms with Gasteiger partial charge in [0.25, 0.3) is 11.8 Å². The molecule has 0 aromatic heterocycles. The Bertz CT molecular complexity index is 305. The van der Waals surface area contributed by atoms with Gasteiger partial charge in [-0.1, -0.05) is 12.2 Å². The maximum atomic E-state index is 10.4. The number of rotatable bonds is 2. The fraction of sp³-hybridized carbons (Fsp3) is 0.333. The molecule has 4 heteroatoms. The summed E-state index contributed by atoms with van der Waals surface area (Å²) in [7, 11) is 0. The first-order valence-corrected chi connectivity index (χ1v) is 4.72. The molecule has 16 heavy (non-hydrogen) atoms. The van der Waals surface area contributed by atoms with Crippen LogP contribution in [0.5, 0.6) is 0 Å². The number of amides is 2. The summed E-state index contributed by atoms with van der Waals surface area (Å²) in [5.41, 5.74) is 1.28. The van der Waals surface area contributed by atoms with Crippen LogP contribution in [-0.4, -0.2) is 25.2 Å². The van der Waals surface area contributed by atoms with Crippen LogP contribution >= 0.6 is 0 Å².